The second-order valence-electron chi connectivity index (χ2n) is 8.07. The number of hydrogen-bond acceptors (Lipinski definition) is 5. The average Bonchev–Trinajstić information content (AvgIpc) is 3.44. The van der Waals surface area contributed by atoms with Gasteiger partial charge in [0.1, 0.15) is 0 Å². The Morgan fingerprint density at radius 3 is 2.75 bits per heavy atom. The lowest BCUT2D eigenvalue weighted by Crippen LogP contribution is -2.14. The van der Waals surface area contributed by atoms with Crippen LogP contribution in [0.1, 0.15) is 44.9 Å². The molecule has 0 aliphatic heterocycles. The molecule has 0 spiro atoms. The van der Waals surface area contributed by atoms with Gasteiger partial charge in [-0.2, -0.15) is 0 Å². The first-order valence-corrected chi connectivity index (χ1v) is 12.0. The van der Waals surface area contributed by atoms with E-state index in [1.54, 1.807) is 6.08 Å². The molecule has 0 radical (unpaired) electrons. The molecule has 2 aliphatic carbocycles. The van der Waals surface area contributed by atoms with Crippen molar-refractivity contribution in [1.29, 1.82) is 0 Å². The maximum absolute atomic E-state index is 13.1. The van der Waals surface area contributed by atoms with Crippen molar-refractivity contribution in [2.75, 3.05) is 7.11 Å². The highest BCUT2D eigenvalue weighted by molar-refractivity contribution is 8.04. The number of unbranched alkanes of at least 4 members (excludes halogenated alkanes) is 1. The van der Waals surface area contributed by atoms with E-state index in [9.17, 15) is 14.7 Å². The van der Waals surface area contributed by atoms with Gasteiger partial charge in [-0.1, -0.05) is 72.9 Å². The normalized spacial score (nSPS) is 20.9. The summed E-state index contributed by atoms with van der Waals surface area (Å²) in [4.78, 5) is 26.0. The number of aliphatic hydroxyl groups is 1. The molecule has 32 heavy (non-hydrogen) atoms. The van der Waals surface area contributed by atoms with Crippen LogP contribution in [-0.2, 0) is 14.3 Å². The molecule has 4 nitrogen and oxygen atoms in total. The maximum atomic E-state index is 13.1. The van der Waals surface area contributed by atoms with E-state index in [1.165, 1.54) is 31.7 Å². The number of allylic oxidation sites excluding steroid dienone is 5. The SMILES string of the molecule is COC(=O)CCCC#C/C=C1\C(=O)C(Sc2ccccc2)=CC1/C=C/C(O)C1CCCC1. The molecule has 1 N–H and O–H groups in total. The number of ether oxygens (including phenoxy) is 1. The summed E-state index contributed by atoms with van der Waals surface area (Å²) in [5, 5.41) is 10.5. The van der Waals surface area contributed by atoms with Crippen molar-refractivity contribution in [3.05, 3.63) is 65.1 Å². The minimum absolute atomic E-state index is 0.0206. The average molecular weight is 451 g/mol. The van der Waals surface area contributed by atoms with Gasteiger partial charge in [-0.15, -0.1) is 0 Å². The lowest BCUT2D eigenvalue weighted by atomic mass is 9.96. The van der Waals surface area contributed by atoms with Gasteiger partial charge in [0.2, 0.25) is 0 Å². The topological polar surface area (TPSA) is 63.6 Å². The van der Waals surface area contributed by atoms with Crippen LogP contribution in [0.3, 0.4) is 0 Å². The number of carbonyl (C=O) groups excluding carboxylic acids is 2. The zero-order valence-electron chi connectivity index (χ0n) is 18.5. The fourth-order valence-electron chi connectivity index (χ4n) is 3.95. The molecule has 3 rings (SSSR count). The van der Waals surface area contributed by atoms with E-state index in [-0.39, 0.29) is 17.7 Å². The predicted molar refractivity (Wildman–Crippen MR) is 128 cm³/mol. The number of ketones is 1. The first-order valence-electron chi connectivity index (χ1n) is 11.2. The van der Waals surface area contributed by atoms with Crippen LogP contribution in [0.2, 0.25) is 0 Å². The zero-order chi connectivity index (χ0) is 22.8. The molecule has 5 heteroatoms. The molecule has 0 heterocycles. The van der Waals surface area contributed by atoms with E-state index >= 15 is 0 Å². The van der Waals surface area contributed by atoms with E-state index in [2.05, 4.69) is 16.6 Å². The van der Waals surface area contributed by atoms with Crippen molar-refractivity contribution in [2.24, 2.45) is 11.8 Å². The van der Waals surface area contributed by atoms with Gasteiger partial charge in [0.05, 0.1) is 18.1 Å². The Morgan fingerprint density at radius 1 is 1.28 bits per heavy atom. The van der Waals surface area contributed by atoms with Crippen LogP contribution in [0.4, 0.5) is 0 Å². The van der Waals surface area contributed by atoms with Gasteiger partial charge < -0.3 is 9.84 Å². The van der Waals surface area contributed by atoms with Crippen molar-refractivity contribution in [1.82, 2.24) is 0 Å². The van der Waals surface area contributed by atoms with Crippen LogP contribution in [0.25, 0.3) is 0 Å². The molecule has 2 aliphatic rings. The number of esters is 1. The maximum Gasteiger partial charge on any atom is 0.305 e. The van der Waals surface area contributed by atoms with Crippen LogP contribution >= 0.6 is 11.8 Å². The van der Waals surface area contributed by atoms with Crippen LogP contribution in [-0.4, -0.2) is 30.1 Å². The van der Waals surface area contributed by atoms with Crippen molar-refractivity contribution in [3.8, 4) is 11.8 Å². The molecule has 1 aromatic carbocycles. The fraction of sp³-hybridized carbons (Fsp3) is 0.407. The highest BCUT2D eigenvalue weighted by Gasteiger charge is 2.29. The van der Waals surface area contributed by atoms with E-state index in [0.29, 0.717) is 35.7 Å². The number of methoxy groups -OCH3 is 1. The largest absolute Gasteiger partial charge is 0.469 e. The molecule has 2 atom stereocenters. The summed E-state index contributed by atoms with van der Waals surface area (Å²) in [5.41, 5.74) is 0.624. The molecular formula is C27H30O4S. The molecule has 1 aromatic rings. The summed E-state index contributed by atoms with van der Waals surface area (Å²) in [6, 6.07) is 9.82. The lowest BCUT2D eigenvalue weighted by molar-refractivity contribution is -0.140. The Labute approximate surface area is 194 Å². The summed E-state index contributed by atoms with van der Waals surface area (Å²) in [6.45, 7) is 0. The monoisotopic (exact) mass is 450 g/mol. The summed E-state index contributed by atoms with van der Waals surface area (Å²) >= 11 is 1.45. The molecule has 0 aromatic heterocycles. The summed E-state index contributed by atoms with van der Waals surface area (Å²) in [5.74, 6) is 5.85. The Balaban J connectivity index is 1.71. The molecule has 0 amide bonds. The van der Waals surface area contributed by atoms with Crippen LogP contribution < -0.4 is 0 Å². The fourth-order valence-corrected chi connectivity index (χ4v) is 4.93. The number of hydrogen-bond donors (Lipinski definition) is 1. The van der Waals surface area contributed by atoms with Gasteiger partial charge in [-0.25, -0.2) is 0 Å². The van der Waals surface area contributed by atoms with E-state index in [0.717, 1.165) is 17.7 Å². The molecule has 0 bridgehead atoms. The van der Waals surface area contributed by atoms with Gasteiger partial charge in [0.25, 0.3) is 0 Å². The van der Waals surface area contributed by atoms with Crippen molar-refractivity contribution >= 4 is 23.5 Å². The van der Waals surface area contributed by atoms with Gasteiger partial charge in [-0.3, -0.25) is 9.59 Å². The van der Waals surface area contributed by atoms with Crippen LogP contribution in [0.5, 0.6) is 0 Å². The highest BCUT2D eigenvalue weighted by atomic mass is 32.2. The molecule has 0 saturated heterocycles. The summed E-state index contributed by atoms with van der Waals surface area (Å²) < 4.78 is 4.63. The standard InChI is InChI=1S/C27H30O4S/c1-31-26(29)16-8-3-2-7-15-23-21(17-18-24(28)20-11-9-10-12-20)19-25(27(23)30)32-22-13-5-4-6-14-22/h4-6,13-15,17-21,24,28H,3,8-12,16H2,1H3/b18-17+,23-15-. The van der Waals surface area contributed by atoms with Crippen LogP contribution in [0.15, 0.2) is 70.0 Å². The highest BCUT2D eigenvalue weighted by Crippen LogP contribution is 2.38. The number of carbonyl (C=O) groups is 2. The summed E-state index contributed by atoms with van der Waals surface area (Å²) in [6.07, 6.45) is 12.9. The third-order valence-electron chi connectivity index (χ3n) is 5.79. The number of aliphatic hydroxyl groups excluding tert-OH is 1. The first kappa shape index (κ1) is 24.1. The van der Waals surface area contributed by atoms with Gasteiger partial charge >= 0.3 is 5.97 Å². The second-order valence-corrected chi connectivity index (χ2v) is 9.19. The molecule has 1 fully saturated rings. The van der Waals surface area contributed by atoms with E-state index in [4.69, 9.17) is 0 Å². The Kier molecular flexibility index (Phi) is 9.40. The van der Waals surface area contributed by atoms with Gasteiger partial charge in [0.15, 0.2) is 5.78 Å². The van der Waals surface area contributed by atoms with E-state index in [1.807, 2.05) is 48.6 Å². The number of Topliss-reactive ketones (excluding diaryl/α,β-unsaturated/α-hetero) is 1. The van der Waals surface area contributed by atoms with Gasteiger partial charge in [-0.05, 0) is 43.4 Å². The quantitative estimate of drug-likeness (QED) is 0.193. The number of benzene rings is 1. The third kappa shape index (κ3) is 6.98. The lowest BCUT2D eigenvalue weighted by Gasteiger charge is -2.14. The Hall–Kier alpha value is -2.55. The third-order valence-corrected chi connectivity index (χ3v) is 6.83. The molecule has 1 saturated carbocycles. The minimum atomic E-state index is -0.475. The molecule has 2 unspecified atom stereocenters. The number of thioether (sulfide) groups is 1. The first-order chi connectivity index (χ1) is 15.6. The molecular weight excluding hydrogens is 420 g/mol. The Bertz CT molecular complexity index is 943. The van der Waals surface area contributed by atoms with Gasteiger partial charge in [0, 0.05) is 29.2 Å². The molecule has 168 valence electrons. The Morgan fingerprint density at radius 2 is 2.03 bits per heavy atom. The van der Waals surface area contributed by atoms with Crippen molar-refractivity contribution in [3.63, 3.8) is 0 Å². The zero-order valence-corrected chi connectivity index (χ0v) is 19.3. The van der Waals surface area contributed by atoms with E-state index < -0.39 is 6.10 Å². The smallest absolute Gasteiger partial charge is 0.305 e. The summed E-state index contributed by atoms with van der Waals surface area (Å²) in [7, 11) is 1.37. The van der Waals surface area contributed by atoms with Crippen LogP contribution in [0, 0.1) is 23.7 Å². The predicted octanol–water partition coefficient (Wildman–Crippen LogP) is 5.24. The minimum Gasteiger partial charge on any atom is -0.469 e. The number of rotatable bonds is 8. The van der Waals surface area contributed by atoms with Crippen molar-refractivity contribution < 1.29 is 19.4 Å². The second kappa shape index (κ2) is 12.5. The van der Waals surface area contributed by atoms with Crippen molar-refractivity contribution in [2.45, 2.75) is 55.9 Å².